The normalized spacial score (nSPS) is 13.6. The first-order chi connectivity index (χ1) is 23.2. The van der Waals surface area contributed by atoms with Crippen molar-refractivity contribution in [3.63, 3.8) is 0 Å². The summed E-state index contributed by atoms with van der Waals surface area (Å²) in [4.78, 5) is 62.4. The van der Waals surface area contributed by atoms with Gasteiger partial charge in [-0.25, -0.2) is 14.4 Å². The highest BCUT2D eigenvalue weighted by Crippen LogP contribution is 2.26. The Morgan fingerprint density at radius 2 is 1.50 bits per heavy atom. The van der Waals surface area contributed by atoms with Crippen LogP contribution in [0.2, 0.25) is 0 Å². The monoisotopic (exact) mass is 672 g/mol. The van der Waals surface area contributed by atoms with Crippen molar-refractivity contribution in [3.8, 4) is 0 Å². The number of nitrogens with one attached hydrogen (secondary N) is 4. The lowest BCUT2D eigenvalue weighted by atomic mass is 9.93. The Hall–Kier alpha value is -5.30. The van der Waals surface area contributed by atoms with Gasteiger partial charge >= 0.3 is 17.8 Å². The predicted molar refractivity (Wildman–Crippen MR) is 183 cm³/mol. The molecule has 4 aromatic rings. The fourth-order valence-electron chi connectivity index (χ4n) is 5.21. The van der Waals surface area contributed by atoms with E-state index in [0.717, 1.165) is 40.9 Å². The molecule has 2 heterocycles. The number of anilines is 2. The molecule has 4 N–H and O–H groups in total. The summed E-state index contributed by atoms with van der Waals surface area (Å²) in [5, 5.41) is 11.5. The van der Waals surface area contributed by atoms with Gasteiger partial charge in [-0.05, 0) is 78.1 Å². The van der Waals surface area contributed by atoms with Crippen LogP contribution in [0.1, 0.15) is 29.5 Å². The Bertz CT molecular complexity index is 1810. The second-order valence-electron chi connectivity index (χ2n) is 11.3. The molecule has 5 rings (SSSR count). The van der Waals surface area contributed by atoms with Crippen LogP contribution in [-0.4, -0.2) is 48.1 Å². The molecule has 1 aliphatic rings. The van der Waals surface area contributed by atoms with E-state index in [1.807, 2.05) is 30.3 Å². The lowest BCUT2D eigenvalue weighted by molar-refractivity contribution is -0.126. The highest BCUT2D eigenvalue weighted by atomic mass is 32.2. The van der Waals surface area contributed by atoms with E-state index in [9.17, 15) is 24.0 Å². The fourth-order valence-corrected chi connectivity index (χ4v) is 6.35. The zero-order valence-electron chi connectivity index (χ0n) is 26.3. The molecule has 1 saturated heterocycles. The minimum atomic E-state index is -0.829. The Morgan fingerprint density at radius 3 is 2.23 bits per heavy atom. The molecule has 1 atom stereocenters. The van der Waals surface area contributed by atoms with E-state index >= 15 is 0 Å². The minimum absolute atomic E-state index is 0.0280. The van der Waals surface area contributed by atoms with Crippen molar-refractivity contribution in [2.75, 3.05) is 28.7 Å². The third-order valence-corrected chi connectivity index (χ3v) is 8.78. The number of alkyl carbamates (subject to hydrolysis) is 1. The lowest BCUT2D eigenvalue weighted by Gasteiger charge is -2.29. The quantitative estimate of drug-likeness (QED) is 0.154. The lowest BCUT2D eigenvalue weighted by Crippen LogP contribution is -2.52. The average molecular weight is 673 g/mol. The van der Waals surface area contributed by atoms with Gasteiger partial charge in [0, 0.05) is 28.9 Å². The zero-order valence-corrected chi connectivity index (χ0v) is 27.1. The summed E-state index contributed by atoms with van der Waals surface area (Å²) in [6, 6.07) is 21.5. The molecule has 48 heavy (non-hydrogen) atoms. The Morgan fingerprint density at radius 1 is 0.833 bits per heavy atom. The first-order valence-corrected chi connectivity index (χ1v) is 16.6. The first kappa shape index (κ1) is 34.0. The molecule has 3 aromatic carbocycles. The molecule has 0 radical (unpaired) electrons. The molecule has 1 unspecified atom stereocenters. The molecular weight excluding hydrogens is 636 g/mol. The molecule has 0 spiro atoms. The third-order valence-electron chi connectivity index (χ3n) is 7.73. The van der Waals surface area contributed by atoms with E-state index < -0.39 is 35.7 Å². The number of benzene rings is 3. The largest absolute Gasteiger partial charge is 0.445 e. The highest BCUT2D eigenvalue weighted by Gasteiger charge is 2.32. The number of fused-ring (bicyclic) bond motifs is 1. The number of hydrogen-bond acceptors (Lipinski definition) is 9. The molecule has 250 valence electrons. The summed E-state index contributed by atoms with van der Waals surface area (Å²) in [6.45, 7) is 1.56. The van der Waals surface area contributed by atoms with E-state index in [1.54, 1.807) is 61.2 Å². The number of hydrogen-bond donors (Lipinski definition) is 4. The second-order valence-corrected chi connectivity index (χ2v) is 12.5. The highest BCUT2D eigenvalue weighted by molar-refractivity contribution is 7.99. The summed E-state index contributed by atoms with van der Waals surface area (Å²) >= 11 is 1.80. The van der Waals surface area contributed by atoms with Crippen molar-refractivity contribution in [2.24, 2.45) is 5.92 Å². The van der Waals surface area contributed by atoms with Crippen LogP contribution in [0, 0.1) is 12.8 Å². The fraction of sp³-hybridized carbons (Fsp3) is 0.286. The van der Waals surface area contributed by atoms with Crippen molar-refractivity contribution in [1.29, 1.82) is 0 Å². The molecule has 0 saturated carbocycles. The van der Waals surface area contributed by atoms with Crippen LogP contribution in [0.4, 0.5) is 21.0 Å². The molecule has 13 heteroatoms. The average Bonchev–Trinajstić information content (AvgIpc) is 3.09. The maximum Gasteiger partial charge on any atom is 0.411 e. The Labute approximate surface area is 280 Å². The molecule has 1 aromatic heterocycles. The SMILES string of the molecule is Cc1cc(=O)oc2cc(NC(=O)OCc3ccc(NC(=O)CNC(=O)C(NC(=O)OCc4ccccc4)C4CCSCC4)cc3)ccc12. The molecule has 0 bridgehead atoms. The topological polar surface area (TPSA) is 165 Å². The molecule has 1 aliphatic heterocycles. The van der Waals surface area contributed by atoms with E-state index in [1.165, 1.54) is 6.07 Å². The summed E-state index contributed by atoms with van der Waals surface area (Å²) in [6.07, 6.45) is 0.131. The van der Waals surface area contributed by atoms with Gasteiger partial charge in [-0.3, -0.25) is 14.9 Å². The standard InChI is InChI=1S/C35H36N4O8S/c1-22-17-31(41)47-29-18-27(11-12-28(22)29)38-34(43)45-21-24-7-9-26(10-8-24)37-30(40)19-36-33(42)32(25-13-15-48-16-14-25)39-35(44)46-20-23-5-3-2-4-6-23/h2-12,17-18,25,32H,13-16,19-21H2,1H3,(H,36,42)(H,37,40)(H,38,43)(H,39,44). The molecule has 4 amide bonds. The van der Waals surface area contributed by atoms with E-state index in [4.69, 9.17) is 13.9 Å². The summed E-state index contributed by atoms with van der Waals surface area (Å²) in [5.41, 5.74) is 3.06. The van der Waals surface area contributed by atoms with Crippen LogP contribution >= 0.6 is 11.8 Å². The van der Waals surface area contributed by atoms with Crippen molar-refractivity contribution >= 4 is 58.1 Å². The maximum atomic E-state index is 13.1. The maximum absolute atomic E-state index is 13.1. The summed E-state index contributed by atoms with van der Waals surface area (Å²) in [5.74, 6) is 0.791. The van der Waals surface area contributed by atoms with Crippen LogP contribution in [0.25, 0.3) is 11.0 Å². The Balaban J connectivity index is 1.07. The first-order valence-electron chi connectivity index (χ1n) is 15.4. The van der Waals surface area contributed by atoms with Gasteiger partial charge < -0.3 is 29.8 Å². The van der Waals surface area contributed by atoms with Gasteiger partial charge in [-0.15, -0.1) is 0 Å². The van der Waals surface area contributed by atoms with Gasteiger partial charge in [0.05, 0.1) is 6.54 Å². The molecule has 1 fully saturated rings. The number of aryl methyl sites for hydroxylation is 1. The minimum Gasteiger partial charge on any atom is -0.445 e. The van der Waals surface area contributed by atoms with Gasteiger partial charge in [0.15, 0.2) is 0 Å². The van der Waals surface area contributed by atoms with Crippen LogP contribution in [0.15, 0.2) is 88.1 Å². The number of ether oxygens (including phenoxy) is 2. The van der Waals surface area contributed by atoms with Gasteiger partial charge in [0.25, 0.3) is 0 Å². The van der Waals surface area contributed by atoms with E-state index in [0.29, 0.717) is 22.5 Å². The van der Waals surface area contributed by atoms with E-state index in [-0.39, 0.29) is 25.7 Å². The molecule has 0 aliphatic carbocycles. The van der Waals surface area contributed by atoms with Crippen molar-refractivity contribution in [1.82, 2.24) is 10.6 Å². The number of carbonyl (C=O) groups is 4. The number of amides is 4. The zero-order chi connectivity index (χ0) is 33.9. The van der Waals surface area contributed by atoms with E-state index in [2.05, 4.69) is 21.3 Å². The van der Waals surface area contributed by atoms with Gasteiger partial charge in [-0.2, -0.15) is 11.8 Å². The summed E-state index contributed by atoms with van der Waals surface area (Å²) in [7, 11) is 0. The van der Waals surface area contributed by atoms with Crippen molar-refractivity contribution in [3.05, 3.63) is 106 Å². The third kappa shape index (κ3) is 9.85. The molecule has 12 nitrogen and oxygen atoms in total. The Kier molecular flexibility index (Phi) is 11.7. The van der Waals surface area contributed by atoms with Gasteiger partial charge in [0.2, 0.25) is 11.8 Å². The van der Waals surface area contributed by atoms with Crippen LogP contribution < -0.4 is 26.9 Å². The smallest absolute Gasteiger partial charge is 0.411 e. The van der Waals surface area contributed by atoms with Crippen LogP contribution in [0.5, 0.6) is 0 Å². The number of carbonyl (C=O) groups excluding carboxylic acids is 4. The van der Waals surface area contributed by atoms with Crippen LogP contribution in [0.3, 0.4) is 0 Å². The summed E-state index contributed by atoms with van der Waals surface area (Å²) < 4.78 is 15.8. The molecular formula is C35H36N4O8S. The van der Waals surface area contributed by atoms with Gasteiger partial charge in [0.1, 0.15) is 24.8 Å². The second kappa shape index (κ2) is 16.5. The number of rotatable bonds is 11. The number of thioether (sulfide) groups is 1. The van der Waals surface area contributed by atoms with Crippen molar-refractivity contribution in [2.45, 2.75) is 39.0 Å². The predicted octanol–water partition coefficient (Wildman–Crippen LogP) is 5.34. The van der Waals surface area contributed by atoms with Gasteiger partial charge in [-0.1, -0.05) is 42.5 Å². The van der Waals surface area contributed by atoms with Crippen LogP contribution in [-0.2, 0) is 32.3 Å². The van der Waals surface area contributed by atoms with Crippen molar-refractivity contribution < 1.29 is 33.1 Å².